The lowest BCUT2D eigenvalue weighted by Crippen LogP contribution is -2.29. The highest BCUT2D eigenvalue weighted by molar-refractivity contribution is 5.43. The summed E-state index contributed by atoms with van der Waals surface area (Å²) in [6, 6.07) is 4.82. The molecule has 1 aliphatic rings. The first-order valence-corrected chi connectivity index (χ1v) is 6.63. The second kappa shape index (κ2) is 5.47. The molecule has 0 spiro atoms. The summed E-state index contributed by atoms with van der Waals surface area (Å²) in [6.07, 6.45) is 3.73. The number of likely N-dealkylation sites (tertiary alicyclic amines) is 1. The molecule has 0 aliphatic carbocycles. The summed E-state index contributed by atoms with van der Waals surface area (Å²) in [4.78, 5) is 2.13. The van der Waals surface area contributed by atoms with Crippen LogP contribution in [0, 0.1) is 5.82 Å². The van der Waals surface area contributed by atoms with Gasteiger partial charge in [0.25, 0.3) is 0 Å². The Morgan fingerprint density at radius 3 is 2.84 bits per heavy atom. The first-order chi connectivity index (χ1) is 9.02. The Morgan fingerprint density at radius 1 is 1.47 bits per heavy atom. The molecule has 0 amide bonds. The van der Waals surface area contributed by atoms with E-state index in [0.717, 1.165) is 24.9 Å². The third-order valence-corrected chi connectivity index (χ3v) is 3.75. The van der Waals surface area contributed by atoms with Crippen molar-refractivity contribution in [3.63, 3.8) is 0 Å². The zero-order valence-electron chi connectivity index (χ0n) is 11.6. The van der Waals surface area contributed by atoms with Gasteiger partial charge in [0, 0.05) is 23.8 Å². The normalized spacial score (nSPS) is 19.4. The topological polar surface area (TPSA) is 29.3 Å². The number of nitrogens with two attached hydrogens (primary N) is 1. The smallest absolute Gasteiger partial charge is 0.126 e. The molecule has 19 heavy (non-hydrogen) atoms. The summed E-state index contributed by atoms with van der Waals surface area (Å²) in [5.41, 5.74) is 9.71. The Bertz CT molecular complexity index is 515. The van der Waals surface area contributed by atoms with Crippen molar-refractivity contribution in [2.24, 2.45) is 0 Å². The third kappa shape index (κ3) is 2.80. The van der Waals surface area contributed by atoms with Gasteiger partial charge < -0.3 is 10.6 Å². The fourth-order valence-electron chi connectivity index (χ4n) is 2.74. The van der Waals surface area contributed by atoms with E-state index >= 15 is 0 Å². The van der Waals surface area contributed by atoms with E-state index in [1.165, 1.54) is 17.3 Å². The SMILES string of the molecule is C=CN1CC(c2cc(N)ccc2F)CCC1=C(C)C. The quantitative estimate of drug-likeness (QED) is 0.814. The lowest BCUT2D eigenvalue weighted by Gasteiger charge is -2.35. The number of rotatable bonds is 2. The molecule has 1 saturated heterocycles. The molecule has 0 saturated carbocycles. The lowest BCUT2D eigenvalue weighted by atomic mass is 9.88. The van der Waals surface area contributed by atoms with Crippen LogP contribution in [0.2, 0.25) is 0 Å². The van der Waals surface area contributed by atoms with E-state index in [4.69, 9.17) is 5.73 Å². The Balaban J connectivity index is 2.27. The van der Waals surface area contributed by atoms with Crippen LogP contribution >= 0.6 is 0 Å². The average molecular weight is 260 g/mol. The van der Waals surface area contributed by atoms with Gasteiger partial charge in [-0.15, -0.1) is 0 Å². The van der Waals surface area contributed by atoms with E-state index in [1.807, 2.05) is 6.20 Å². The van der Waals surface area contributed by atoms with Crippen LogP contribution in [0.15, 0.2) is 42.2 Å². The average Bonchev–Trinajstić information content (AvgIpc) is 2.40. The van der Waals surface area contributed by atoms with Crippen molar-refractivity contribution in [1.82, 2.24) is 4.90 Å². The molecule has 0 bridgehead atoms. The van der Waals surface area contributed by atoms with Gasteiger partial charge in [0.1, 0.15) is 5.82 Å². The fourth-order valence-corrected chi connectivity index (χ4v) is 2.74. The summed E-state index contributed by atoms with van der Waals surface area (Å²) >= 11 is 0. The zero-order valence-corrected chi connectivity index (χ0v) is 11.6. The van der Waals surface area contributed by atoms with Crippen LogP contribution in [-0.4, -0.2) is 11.4 Å². The predicted molar refractivity (Wildman–Crippen MR) is 78.1 cm³/mol. The van der Waals surface area contributed by atoms with E-state index in [0.29, 0.717) is 5.69 Å². The Kier molecular flexibility index (Phi) is 3.93. The number of nitrogens with zero attached hydrogens (tertiary/aromatic N) is 1. The Hall–Kier alpha value is -1.77. The first-order valence-electron chi connectivity index (χ1n) is 6.63. The van der Waals surface area contributed by atoms with Crippen LogP contribution in [0.5, 0.6) is 0 Å². The predicted octanol–water partition coefficient (Wildman–Crippen LogP) is 4.02. The second-order valence-corrected chi connectivity index (χ2v) is 5.30. The minimum Gasteiger partial charge on any atom is -0.399 e. The summed E-state index contributed by atoms with van der Waals surface area (Å²) in [5.74, 6) is 0.00784. The van der Waals surface area contributed by atoms with Crippen molar-refractivity contribution in [3.8, 4) is 0 Å². The van der Waals surface area contributed by atoms with Crippen molar-refractivity contribution in [2.75, 3.05) is 12.3 Å². The summed E-state index contributed by atoms with van der Waals surface area (Å²) in [7, 11) is 0. The third-order valence-electron chi connectivity index (χ3n) is 3.75. The maximum atomic E-state index is 13.9. The standard InChI is InChI=1S/C16H21FN2/c1-4-19-10-12(5-8-16(19)11(2)3)14-9-13(18)6-7-15(14)17/h4,6-7,9,12H,1,5,8,10,18H2,2-3H3. The zero-order chi connectivity index (χ0) is 14.0. The molecule has 2 N–H and O–H groups in total. The molecule has 1 aromatic rings. The van der Waals surface area contributed by atoms with E-state index in [9.17, 15) is 4.39 Å². The molecular formula is C16H21FN2. The maximum Gasteiger partial charge on any atom is 0.126 e. The number of anilines is 1. The molecule has 1 fully saturated rings. The summed E-state index contributed by atoms with van der Waals surface area (Å²) < 4.78 is 13.9. The van der Waals surface area contributed by atoms with Crippen molar-refractivity contribution in [1.29, 1.82) is 0 Å². The minimum absolute atomic E-state index is 0.163. The van der Waals surface area contributed by atoms with Crippen LogP contribution in [0.4, 0.5) is 10.1 Å². The summed E-state index contributed by atoms with van der Waals surface area (Å²) in [5, 5.41) is 0. The van der Waals surface area contributed by atoms with Crippen molar-refractivity contribution >= 4 is 5.69 Å². The molecule has 102 valence electrons. The van der Waals surface area contributed by atoms with Gasteiger partial charge in [-0.3, -0.25) is 0 Å². The van der Waals surface area contributed by atoms with E-state index < -0.39 is 0 Å². The van der Waals surface area contributed by atoms with E-state index in [2.05, 4.69) is 25.3 Å². The molecule has 1 heterocycles. The van der Waals surface area contributed by atoms with Gasteiger partial charge in [-0.25, -0.2) is 4.39 Å². The van der Waals surface area contributed by atoms with Crippen LogP contribution in [-0.2, 0) is 0 Å². The lowest BCUT2D eigenvalue weighted by molar-refractivity contribution is 0.334. The molecule has 2 nitrogen and oxygen atoms in total. The number of halogens is 1. The molecule has 1 aliphatic heterocycles. The number of benzene rings is 1. The van der Waals surface area contributed by atoms with Crippen molar-refractivity contribution in [3.05, 3.63) is 53.6 Å². The number of allylic oxidation sites excluding steroid dienone is 2. The van der Waals surface area contributed by atoms with Crippen LogP contribution in [0.3, 0.4) is 0 Å². The second-order valence-electron chi connectivity index (χ2n) is 5.30. The molecule has 0 radical (unpaired) electrons. The monoisotopic (exact) mass is 260 g/mol. The number of hydrogen-bond acceptors (Lipinski definition) is 2. The Morgan fingerprint density at radius 2 is 2.21 bits per heavy atom. The van der Waals surface area contributed by atoms with Crippen LogP contribution in [0.1, 0.15) is 38.2 Å². The highest BCUT2D eigenvalue weighted by atomic mass is 19.1. The van der Waals surface area contributed by atoms with Gasteiger partial charge in [0.15, 0.2) is 0 Å². The van der Waals surface area contributed by atoms with Crippen molar-refractivity contribution in [2.45, 2.75) is 32.6 Å². The number of hydrogen-bond donors (Lipinski definition) is 1. The molecular weight excluding hydrogens is 239 g/mol. The molecule has 3 heteroatoms. The number of nitrogen functional groups attached to an aromatic ring is 1. The minimum atomic E-state index is -0.163. The van der Waals surface area contributed by atoms with Gasteiger partial charge in [-0.2, -0.15) is 0 Å². The highest BCUT2D eigenvalue weighted by Crippen LogP contribution is 2.35. The maximum absolute atomic E-state index is 13.9. The van der Waals surface area contributed by atoms with Gasteiger partial charge in [0.05, 0.1) is 0 Å². The molecule has 0 aromatic heterocycles. The fraction of sp³-hybridized carbons (Fsp3) is 0.375. The van der Waals surface area contributed by atoms with Crippen LogP contribution in [0.25, 0.3) is 0 Å². The largest absolute Gasteiger partial charge is 0.399 e. The molecule has 2 rings (SSSR count). The first kappa shape index (κ1) is 13.7. The van der Waals surface area contributed by atoms with Gasteiger partial charge >= 0.3 is 0 Å². The summed E-state index contributed by atoms with van der Waals surface area (Å²) in [6.45, 7) is 8.84. The van der Waals surface area contributed by atoms with Crippen LogP contribution < -0.4 is 5.73 Å². The van der Waals surface area contributed by atoms with Gasteiger partial charge in [-0.1, -0.05) is 12.2 Å². The van der Waals surface area contributed by atoms with Crippen molar-refractivity contribution < 1.29 is 4.39 Å². The van der Waals surface area contributed by atoms with E-state index in [-0.39, 0.29) is 11.7 Å². The highest BCUT2D eigenvalue weighted by Gasteiger charge is 2.25. The molecule has 1 atom stereocenters. The van der Waals surface area contributed by atoms with E-state index in [1.54, 1.807) is 12.1 Å². The molecule has 1 unspecified atom stereocenters. The Labute approximate surface area is 114 Å². The number of piperidine rings is 1. The van der Waals surface area contributed by atoms with Gasteiger partial charge in [-0.05, 0) is 56.7 Å². The molecule has 1 aromatic carbocycles. The van der Waals surface area contributed by atoms with Gasteiger partial charge in [0.2, 0.25) is 0 Å².